The molecule has 1 aromatic rings. The summed E-state index contributed by atoms with van der Waals surface area (Å²) >= 11 is 3.29. The Labute approximate surface area is 163 Å². The van der Waals surface area contributed by atoms with Gasteiger partial charge in [-0.25, -0.2) is 8.42 Å². The van der Waals surface area contributed by atoms with Crippen LogP contribution in [-0.2, 0) is 25.2 Å². The maximum atomic E-state index is 12.1. The largest absolute Gasteiger partial charge is 0.354 e. The summed E-state index contributed by atoms with van der Waals surface area (Å²) in [5.41, 5.74) is 0.631. The Hall–Kier alpha value is -1.41. The SMILES string of the molecule is O=C(CS(=O)(=O)Cc1cccc(Br)c1)NCCNC(=O)C1CCCCC1. The van der Waals surface area contributed by atoms with Crippen LogP contribution < -0.4 is 10.6 Å². The fraction of sp³-hybridized carbons (Fsp3) is 0.556. The predicted octanol–water partition coefficient (Wildman–Crippen LogP) is 2.18. The van der Waals surface area contributed by atoms with Gasteiger partial charge in [-0.3, -0.25) is 9.59 Å². The highest BCUT2D eigenvalue weighted by Gasteiger charge is 2.21. The summed E-state index contributed by atoms with van der Waals surface area (Å²) in [6, 6.07) is 6.99. The molecule has 0 unspecified atom stereocenters. The van der Waals surface area contributed by atoms with Crippen molar-refractivity contribution in [3.8, 4) is 0 Å². The zero-order valence-corrected chi connectivity index (χ0v) is 17.1. The first-order chi connectivity index (χ1) is 12.4. The van der Waals surface area contributed by atoms with Crippen LogP contribution in [0.5, 0.6) is 0 Å². The molecular weight excluding hydrogens is 420 g/mol. The van der Waals surface area contributed by atoms with Gasteiger partial charge >= 0.3 is 0 Å². The molecule has 8 heteroatoms. The van der Waals surface area contributed by atoms with Crippen LogP contribution in [-0.4, -0.2) is 39.1 Å². The van der Waals surface area contributed by atoms with Crippen LogP contribution in [0.15, 0.2) is 28.7 Å². The van der Waals surface area contributed by atoms with Crippen molar-refractivity contribution in [3.05, 3.63) is 34.3 Å². The van der Waals surface area contributed by atoms with E-state index >= 15 is 0 Å². The lowest BCUT2D eigenvalue weighted by Crippen LogP contribution is -2.39. The van der Waals surface area contributed by atoms with Crippen molar-refractivity contribution in [2.45, 2.75) is 37.9 Å². The second-order valence-corrected chi connectivity index (χ2v) is 9.62. The Morgan fingerprint density at radius 2 is 1.77 bits per heavy atom. The fourth-order valence-electron chi connectivity index (χ4n) is 3.08. The van der Waals surface area contributed by atoms with E-state index in [0.29, 0.717) is 12.1 Å². The Balaban J connectivity index is 1.68. The summed E-state index contributed by atoms with van der Waals surface area (Å²) in [6.07, 6.45) is 5.21. The highest BCUT2D eigenvalue weighted by atomic mass is 79.9. The number of benzene rings is 1. The van der Waals surface area contributed by atoms with E-state index < -0.39 is 21.5 Å². The minimum atomic E-state index is -3.54. The Morgan fingerprint density at radius 1 is 1.08 bits per heavy atom. The lowest BCUT2D eigenvalue weighted by molar-refractivity contribution is -0.126. The van der Waals surface area contributed by atoms with Gasteiger partial charge in [0.2, 0.25) is 11.8 Å². The average molecular weight is 445 g/mol. The van der Waals surface area contributed by atoms with Crippen molar-refractivity contribution in [2.75, 3.05) is 18.8 Å². The number of carbonyl (C=O) groups excluding carboxylic acids is 2. The topological polar surface area (TPSA) is 92.3 Å². The third kappa shape index (κ3) is 7.45. The lowest BCUT2D eigenvalue weighted by atomic mass is 9.89. The first kappa shape index (κ1) is 20.9. The molecule has 6 nitrogen and oxygen atoms in total. The summed E-state index contributed by atoms with van der Waals surface area (Å²) < 4.78 is 25.0. The molecule has 1 fully saturated rings. The monoisotopic (exact) mass is 444 g/mol. The van der Waals surface area contributed by atoms with Gasteiger partial charge < -0.3 is 10.6 Å². The van der Waals surface area contributed by atoms with Gasteiger partial charge in [-0.05, 0) is 30.5 Å². The molecule has 1 aliphatic carbocycles. The second kappa shape index (κ2) is 10.1. The molecule has 2 amide bonds. The smallest absolute Gasteiger partial charge is 0.235 e. The van der Waals surface area contributed by atoms with E-state index in [9.17, 15) is 18.0 Å². The fourth-order valence-corrected chi connectivity index (χ4v) is 4.82. The average Bonchev–Trinajstić information content (AvgIpc) is 2.58. The first-order valence-corrected chi connectivity index (χ1v) is 11.5. The Morgan fingerprint density at radius 3 is 2.46 bits per heavy atom. The van der Waals surface area contributed by atoms with Crippen molar-refractivity contribution < 1.29 is 18.0 Å². The van der Waals surface area contributed by atoms with E-state index in [2.05, 4.69) is 26.6 Å². The minimum absolute atomic E-state index is 0.0289. The molecule has 1 aromatic carbocycles. The number of hydrogen-bond donors (Lipinski definition) is 2. The number of hydrogen-bond acceptors (Lipinski definition) is 4. The lowest BCUT2D eigenvalue weighted by Gasteiger charge is -2.20. The molecule has 1 aliphatic rings. The molecule has 144 valence electrons. The quantitative estimate of drug-likeness (QED) is 0.600. The molecular formula is C18H25BrN2O4S. The van der Waals surface area contributed by atoms with Gasteiger partial charge in [-0.15, -0.1) is 0 Å². The summed E-state index contributed by atoms with van der Waals surface area (Å²) in [6.45, 7) is 0.538. The summed E-state index contributed by atoms with van der Waals surface area (Å²) in [5, 5.41) is 5.36. The number of nitrogens with one attached hydrogen (secondary N) is 2. The Kier molecular flexibility index (Phi) is 8.09. The number of rotatable bonds is 8. The van der Waals surface area contributed by atoms with Crippen molar-refractivity contribution >= 4 is 37.6 Å². The van der Waals surface area contributed by atoms with Crippen molar-refractivity contribution in [1.29, 1.82) is 0 Å². The third-order valence-corrected chi connectivity index (χ3v) is 6.32. The van der Waals surface area contributed by atoms with Gasteiger partial charge in [0, 0.05) is 23.5 Å². The van der Waals surface area contributed by atoms with Gasteiger partial charge in [0.25, 0.3) is 0 Å². The standard InChI is InChI=1S/C18H25BrN2O4S/c19-16-8-4-5-14(11-16)12-26(24,25)13-17(22)20-9-10-21-18(23)15-6-2-1-3-7-15/h4-5,8,11,15H,1-3,6-7,9-10,12-13H2,(H,20,22)(H,21,23). The Bertz CT molecular complexity index is 730. The molecule has 2 N–H and O–H groups in total. The second-order valence-electron chi connectivity index (χ2n) is 6.64. The van der Waals surface area contributed by atoms with Crippen LogP contribution in [0.25, 0.3) is 0 Å². The molecule has 0 heterocycles. The number of halogens is 1. The van der Waals surface area contributed by atoms with Gasteiger partial charge in [0.1, 0.15) is 5.75 Å². The summed E-state index contributed by atoms with van der Waals surface area (Å²) in [7, 11) is -3.54. The van der Waals surface area contributed by atoms with Crippen LogP contribution in [0, 0.1) is 5.92 Å². The third-order valence-electron chi connectivity index (χ3n) is 4.35. The summed E-state index contributed by atoms with van der Waals surface area (Å²) in [4.78, 5) is 23.8. The van der Waals surface area contributed by atoms with Gasteiger partial charge in [0.15, 0.2) is 9.84 Å². The maximum Gasteiger partial charge on any atom is 0.235 e. The predicted molar refractivity (Wildman–Crippen MR) is 104 cm³/mol. The van der Waals surface area contributed by atoms with Crippen LogP contribution >= 0.6 is 15.9 Å². The minimum Gasteiger partial charge on any atom is -0.354 e. The zero-order valence-electron chi connectivity index (χ0n) is 14.7. The molecule has 26 heavy (non-hydrogen) atoms. The van der Waals surface area contributed by atoms with Crippen molar-refractivity contribution in [2.24, 2.45) is 5.92 Å². The van der Waals surface area contributed by atoms with Crippen LogP contribution in [0.2, 0.25) is 0 Å². The van der Waals surface area contributed by atoms with Crippen LogP contribution in [0.3, 0.4) is 0 Å². The number of amides is 2. The van der Waals surface area contributed by atoms with Crippen LogP contribution in [0.4, 0.5) is 0 Å². The number of sulfone groups is 1. The highest BCUT2D eigenvalue weighted by Crippen LogP contribution is 2.23. The first-order valence-electron chi connectivity index (χ1n) is 8.85. The van der Waals surface area contributed by atoms with Gasteiger partial charge in [-0.2, -0.15) is 0 Å². The van der Waals surface area contributed by atoms with E-state index in [0.717, 1.165) is 30.2 Å². The molecule has 0 radical (unpaired) electrons. The van der Waals surface area contributed by atoms with E-state index in [1.54, 1.807) is 18.2 Å². The number of carbonyl (C=O) groups is 2. The molecule has 0 saturated heterocycles. The van der Waals surface area contributed by atoms with E-state index in [4.69, 9.17) is 0 Å². The molecule has 0 aliphatic heterocycles. The zero-order chi connectivity index (χ0) is 19.0. The molecule has 0 aromatic heterocycles. The van der Waals surface area contributed by atoms with E-state index in [1.807, 2.05) is 6.07 Å². The summed E-state index contributed by atoms with van der Waals surface area (Å²) in [5.74, 6) is -1.19. The maximum absolute atomic E-state index is 12.1. The van der Waals surface area contributed by atoms with E-state index in [1.165, 1.54) is 6.42 Å². The van der Waals surface area contributed by atoms with Crippen molar-refractivity contribution in [1.82, 2.24) is 10.6 Å². The molecule has 0 spiro atoms. The molecule has 0 atom stereocenters. The molecule has 2 rings (SSSR count). The highest BCUT2D eigenvalue weighted by molar-refractivity contribution is 9.10. The van der Waals surface area contributed by atoms with Crippen molar-refractivity contribution in [3.63, 3.8) is 0 Å². The van der Waals surface area contributed by atoms with Gasteiger partial charge in [0.05, 0.1) is 5.75 Å². The molecule has 1 saturated carbocycles. The van der Waals surface area contributed by atoms with E-state index in [-0.39, 0.29) is 24.1 Å². The molecule has 0 bridgehead atoms. The normalized spacial score (nSPS) is 15.4. The van der Waals surface area contributed by atoms with Gasteiger partial charge in [-0.1, -0.05) is 47.3 Å². The van der Waals surface area contributed by atoms with Crippen LogP contribution in [0.1, 0.15) is 37.7 Å².